The van der Waals surface area contributed by atoms with E-state index in [1.165, 1.54) is 4.90 Å². The van der Waals surface area contributed by atoms with Gasteiger partial charge in [-0.1, -0.05) is 31.5 Å². The summed E-state index contributed by atoms with van der Waals surface area (Å²) in [5.74, 6) is -0.0433. The maximum Gasteiger partial charge on any atom is 0.255 e. The molecule has 1 heterocycles. The molecule has 2 N–H and O–H groups in total. The highest BCUT2D eigenvalue weighted by Gasteiger charge is 2.22. The Kier molecular flexibility index (Phi) is 6.40. The Labute approximate surface area is 148 Å². The van der Waals surface area contributed by atoms with Gasteiger partial charge in [0, 0.05) is 5.02 Å². The number of quaternary nitrogens is 1. The topological polar surface area (TPSA) is 51.4 Å². The number of aryl methyl sites for hydroxylation is 1. The highest BCUT2D eigenvalue weighted by atomic mass is 35.5. The fourth-order valence-electron chi connectivity index (χ4n) is 2.68. The number of hydrogen-bond donors (Lipinski definition) is 2. The molecule has 0 unspecified atom stereocenters. The van der Waals surface area contributed by atoms with Crippen LogP contribution in [-0.4, -0.2) is 42.9 Å². The molecule has 0 aliphatic heterocycles. The molecule has 130 valence electrons. The average Bonchev–Trinajstić information content (AvgIpc) is 2.93. The predicted octanol–water partition coefficient (Wildman–Crippen LogP) is 1.52. The predicted molar refractivity (Wildman–Crippen MR) is 97.3 cm³/mol. The molecule has 6 heteroatoms. The standard InChI is InChI=1S/C18H25ClN4O/c1-5-15-17(18(24)20-10-11-22(3)4)16(6-2)23(21-15)14-9-7-8-13(19)12-14/h7-9,12H,5-6,10-11H2,1-4H3,(H,20,24)/p+1. The molecule has 0 spiro atoms. The van der Waals surface area contributed by atoms with E-state index < -0.39 is 0 Å². The average molecular weight is 350 g/mol. The Morgan fingerprint density at radius 1 is 1.29 bits per heavy atom. The number of halogens is 1. The normalized spacial score (nSPS) is 11.1. The highest BCUT2D eigenvalue weighted by molar-refractivity contribution is 6.30. The fraction of sp³-hybridized carbons (Fsp3) is 0.444. The first-order chi connectivity index (χ1) is 11.5. The van der Waals surface area contributed by atoms with E-state index in [0.717, 1.165) is 30.0 Å². The second-order valence-electron chi connectivity index (χ2n) is 6.08. The van der Waals surface area contributed by atoms with Gasteiger partial charge in [0.1, 0.15) is 0 Å². The van der Waals surface area contributed by atoms with E-state index in [1.54, 1.807) is 0 Å². The van der Waals surface area contributed by atoms with Crippen LogP contribution < -0.4 is 10.2 Å². The number of likely N-dealkylation sites (N-methyl/N-ethyl adjacent to an activating group) is 1. The first-order valence-electron chi connectivity index (χ1n) is 8.41. The molecule has 0 fully saturated rings. The molecule has 1 amide bonds. The molecule has 1 aromatic carbocycles. The fourth-order valence-corrected chi connectivity index (χ4v) is 2.86. The minimum absolute atomic E-state index is 0.0433. The number of amides is 1. The van der Waals surface area contributed by atoms with Crippen molar-refractivity contribution in [2.45, 2.75) is 26.7 Å². The summed E-state index contributed by atoms with van der Waals surface area (Å²) in [6.07, 6.45) is 1.43. The van der Waals surface area contributed by atoms with Crippen molar-refractivity contribution in [3.05, 3.63) is 46.2 Å². The minimum Gasteiger partial charge on any atom is -0.346 e. The zero-order valence-corrected chi connectivity index (χ0v) is 15.6. The van der Waals surface area contributed by atoms with E-state index >= 15 is 0 Å². The van der Waals surface area contributed by atoms with Gasteiger partial charge in [0.2, 0.25) is 0 Å². The summed E-state index contributed by atoms with van der Waals surface area (Å²) >= 11 is 6.11. The number of carbonyl (C=O) groups excluding carboxylic acids is 1. The first-order valence-corrected chi connectivity index (χ1v) is 8.79. The van der Waals surface area contributed by atoms with Gasteiger partial charge >= 0.3 is 0 Å². The van der Waals surface area contributed by atoms with E-state index in [2.05, 4.69) is 24.5 Å². The first kappa shape index (κ1) is 18.5. The van der Waals surface area contributed by atoms with Gasteiger partial charge in [-0.3, -0.25) is 4.79 Å². The second kappa shape index (κ2) is 8.31. The van der Waals surface area contributed by atoms with E-state index in [0.29, 0.717) is 23.6 Å². The van der Waals surface area contributed by atoms with E-state index in [-0.39, 0.29) is 5.91 Å². The molecule has 0 saturated heterocycles. The monoisotopic (exact) mass is 349 g/mol. The van der Waals surface area contributed by atoms with Crippen LogP contribution in [0.5, 0.6) is 0 Å². The van der Waals surface area contributed by atoms with Crippen molar-refractivity contribution in [1.82, 2.24) is 15.1 Å². The second-order valence-corrected chi connectivity index (χ2v) is 6.52. The van der Waals surface area contributed by atoms with E-state index in [1.807, 2.05) is 42.8 Å². The lowest BCUT2D eigenvalue weighted by Crippen LogP contribution is -3.06. The minimum atomic E-state index is -0.0433. The number of nitrogens with one attached hydrogen (secondary N) is 2. The van der Waals surface area contributed by atoms with Gasteiger partial charge in [-0.05, 0) is 31.0 Å². The van der Waals surface area contributed by atoms with Crippen LogP contribution in [0.15, 0.2) is 24.3 Å². The van der Waals surface area contributed by atoms with Gasteiger partial charge in [0.15, 0.2) is 0 Å². The van der Waals surface area contributed by atoms with Crippen LogP contribution in [-0.2, 0) is 12.8 Å². The molecule has 0 bridgehead atoms. The van der Waals surface area contributed by atoms with E-state index in [4.69, 9.17) is 11.6 Å². The summed E-state index contributed by atoms with van der Waals surface area (Å²) < 4.78 is 1.84. The number of nitrogens with zero attached hydrogens (tertiary/aromatic N) is 2. The SMILES string of the molecule is CCc1nn(-c2cccc(Cl)c2)c(CC)c1C(=O)NCC[NH+](C)C. The summed E-state index contributed by atoms with van der Waals surface area (Å²) in [6.45, 7) is 5.59. The molecule has 2 rings (SSSR count). The van der Waals surface area contributed by atoms with Crippen molar-refractivity contribution in [1.29, 1.82) is 0 Å². The zero-order chi connectivity index (χ0) is 17.7. The van der Waals surface area contributed by atoms with Crippen molar-refractivity contribution < 1.29 is 9.69 Å². The van der Waals surface area contributed by atoms with Crippen molar-refractivity contribution in [2.75, 3.05) is 27.2 Å². The summed E-state index contributed by atoms with van der Waals surface area (Å²) in [5.41, 5.74) is 3.32. The maximum atomic E-state index is 12.7. The van der Waals surface area contributed by atoms with Gasteiger partial charge in [0.25, 0.3) is 5.91 Å². The summed E-state index contributed by atoms with van der Waals surface area (Å²) in [6, 6.07) is 7.54. The Balaban J connectivity index is 2.39. The number of rotatable bonds is 7. The maximum absolute atomic E-state index is 12.7. The quantitative estimate of drug-likeness (QED) is 0.796. The van der Waals surface area contributed by atoms with Crippen molar-refractivity contribution in [2.24, 2.45) is 0 Å². The van der Waals surface area contributed by atoms with Gasteiger partial charge in [-0.15, -0.1) is 0 Å². The van der Waals surface area contributed by atoms with Crippen molar-refractivity contribution in [3.63, 3.8) is 0 Å². The van der Waals surface area contributed by atoms with Crippen LogP contribution in [0.3, 0.4) is 0 Å². The van der Waals surface area contributed by atoms with Gasteiger partial charge in [-0.25, -0.2) is 4.68 Å². The van der Waals surface area contributed by atoms with Gasteiger partial charge < -0.3 is 10.2 Å². The third-order valence-corrected chi connectivity index (χ3v) is 4.15. The summed E-state index contributed by atoms with van der Waals surface area (Å²) in [7, 11) is 4.14. The largest absolute Gasteiger partial charge is 0.346 e. The lowest BCUT2D eigenvalue weighted by atomic mass is 10.1. The van der Waals surface area contributed by atoms with Crippen LogP contribution in [0, 0.1) is 0 Å². The summed E-state index contributed by atoms with van der Waals surface area (Å²) in [4.78, 5) is 14.0. The third-order valence-electron chi connectivity index (χ3n) is 3.91. The van der Waals surface area contributed by atoms with Crippen LogP contribution in [0.1, 0.15) is 35.6 Å². The Morgan fingerprint density at radius 2 is 2.04 bits per heavy atom. The molecular formula is C18H26ClN4O+. The molecule has 0 aliphatic carbocycles. The van der Waals surface area contributed by atoms with Crippen LogP contribution in [0.25, 0.3) is 5.69 Å². The number of hydrogen-bond acceptors (Lipinski definition) is 2. The molecule has 1 aromatic heterocycles. The highest BCUT2D eigenvalue weighted by Crippen LogP contribution is 2.22. The van der Waals surface area contributed by atoms with Crippen molar-refractivity contribution in [3.8, 4) is 5.69 Å². The van der Waals surface area contributed by atoms with E-state index in [9.17, 15) is 4.79 Å². The Bertz CT molecular complexity index is 709. The van der Waals surface area contributed by atoms with Crippen molar-refractivity contribution >= 4 is 17.5 Å². The Morgan fingerprint density at radius 3 is 2.62 bits per heavy atom. The molecule has 0 aliphatic rings. The molecule has 2 aromatic rings. The number of carbonyl (C=O) groups is 1. The molecular weight excluding hydrogens is 324 g/mol. The number of aromatic nitrogens is 2. The van der Waals surface area contributed by atoms with Crippen LogP contribution >= 0.6 is 11.6 Å². The van der Waals surface area contributed by atoms with Crippen LogP contribution in [0.4, 0.5) is 0 Å². The molecule has 24 heavy (non-hydrogen) atoms. The lowest BCUT2D eigenvalue weighted by molar-refractivity contribution is -0.856. The number of benzene rings is 1. The zero-order valence-electron chi connectivity index (χ0n) is 14.8. The molecule has 0 saturated carbocycles. The summed E-state index contributed by atoms with van der Waals surface area (Å²) in [5, 5.41) is 8.34. The van der Waals surface area contributed by atoms with Gasteiger partial charge in [0.05, 0.1) is 49.8 Å². The Hall–Kier alpha value is -1.85. The molecule has 0 atom stereocenters. The van der Waals surface area contributed by atoms with Crippen LogP contribution in [0.2, 0.25) is 5.02 Å². The smallest absolute Gasteiger partial charge is 0.255 e. The third kappa shape index (κ3) is 4.16. The lowest BCUT2D eigenvalue weighted by Gasteiger charge is -2.10. The molecule has 0 radical (unpaired) electrons. The van der Waals surface area contributed by atoms with Gasteiger partial charge in [-0.2, -0.15) is 5.10 Å². The molecule has 5 nitrogen and oxygen atoms in total.